The van der Waals surface area contributed by atoms with E-state index in [1.807, 2.05) is 36.4 Å². The fourth-order valence-corrected chi connectivity index (χ4v) is 3.11. The average Bonchev–Trinajstić information content (AvgIpc) is 2.78. The monoisotopic (exact) mass is 396 g/mol. The van der Waals surface area contributed by atoms with Crippen molar-refractivity contribution in [3.63, 3.8) is 0 Å². The molecule has 1 aromatic heterocycles. The van der Waals surface area contributed by atoms with E-state index in [-0.39, 0.29) is 6.61 Å². The smallest absolute Gasteiger partial charge is 0.336 e. The maximum atomic E-state index is 12.2. The minimum Gasteiger partial charge on any atom is -0.484 e. The molecular formula is C24H16N2O4. The first-order valence-electron chi connectivity index (χ1n) is 9.19. The summed E-state index contributed by atoms with van der Waals surface area (Å²) in [5.74, 6) is -0.0168. The van der Waals surface area contributed by atoms with Crippen molar-refractivity contribution in [2.75, 3.05) is 11.9 Å². The second-order valence-electron chi connectivity index (χ2n) is 6.50. The summed E-state index contributed by atoms with van der Waals surface area (Å²) in [4.78, 5) is 24.2. The molecule has 6 nitrogen and oxygen atoms in total. The highest BCUT2D eigenvalue weighted by molar-refractivity contribution is 5.94. The lowest BCUT2D eigenvalue weighted by Crippen LogP contribution is -2.20. The molecule has 1 heterocycles. The maximum absolute atomic E-state index is 12.2. The van der Waals surface area contributed by atoms with E-state index in [2.05, 4.69) is 5.32 Å². The topological polar surface area (TPSA) is 92.3 Å². The number of amides is 1. The van der Waals surface area contributed by atoms with Crippen molar-refractivity contribution in [3.05, 3.63) is 94.8 Å². The van der Waals surface area contributed by atoms with E-state index in [4.69, 9.17) is 14.4 Å². The molecule has 1 amide bonds. The zero-order valence-electron chi connectivity index (χ0n) is 15.8. The van der Waals surface area contributed by atoms with E-state index < -0.39 is 11.5 Å². The molecule has 0 atom stereocenters. The number of hydrogen-bond acceptors (Lipinski definition) is 5. The second kappa shape index (κ2) is 8.33. The summed E-state index contributed by atoms with van der Waals surface area (Å²) >= 11 is 0. The Balaban J connectivity index is 1.54. The Morgan fingerprint density at radius 3 is 2.57 bits per heavy atom. The number of fused-ring (bicyclic) bond motifs is 1. The third-order valence-corrected chi connectivity index (χ3v) is 4.49. The van der Waals surface area contributed by atoms with Gasteiger partial charge in [-0.3, -0.25) is 4.79 Å². The molecule has 0 fully saturated rings. The maximum Gasteiger partial charge on any atom is 0.336 e. The predicted octanol–water partition coefficient (Wildman–Crippen LogP) is 4.35. The van der Waals surface area contributed by atoms with Gasteiger partial charge in [0.05, 0.1) is 11.3 Å². The molecule has 1 N–H and O–H groups in total. The van der Waals surface area contributed by atoms with Crippen LogP contribution in [0.5, 0.6) is 5.75 Å². The predicted molar refractivity (Wildman–Crippen MR) is 113 cm³/mol. The van der Waals surface area contributed by atoms with Gasteiger partial charge in [-0.1, -0.05) is 42.5 Å². The van der Waals surface area contributed by atoms with Crippen LogP contribution < -0.4 is 15.7 Å². The molecule has 30 heavy (non-hydrogen) atoms. The average molecular weight is 396 g/mol. The quantitative estimate of drug-likeness (QED) is 0.506. The Bertz CT molecular complexity index is 1320. The number of carbonyl (C=O) groups is 1. The molecule has 0 spiro atoms. The van der Waals surface area contributed by atoms with Gasteiger partial charge in [0.1, 0.15) is 17.4 Å². The lowest BCUT2D eigenvalue weighted by Gasteiger charge is -2.10. The van der Waals surface area contributed by atoms with Gasteiger partial charge in [0.15, 0.2) is 6.61 Å². The summed E-state index contributed by atoms with van der Waals surface area (Å²) in [6, 6.07) is 24.8. The Morgan fingerprint density at radius 2 is 1.77 bits per heavy atom. The molecule has 0 aliphatic rings. The number of ether oxygens (including phenoxy) is 1. The SMILES string of the molecule is N#Cc1ccccc1NC(=O)COc1ccc2c(-c3ccccc3)cc(=O)oc2c1. The molecule has 0 aliphatic heterocycles. The number of benzene rings is 3. The Kier molecular flexibility index (Phi) is 5.27. The molecule has 0 saturated heterocycles. The summed E-state index contributed by atoms with van der Waals surface area (Å²) < 4.78 is 10.9. The largest absolute Gasteiger partial charge is 0.484 e. The van der Waals surface area contributed by atoms with E-state index in [0.717, 1.165) is 16.5 Å². The molecule has 3 aromatic carbocycles. The normalized spacial score (nSPS) is 10.4. The fraction of sp³-hybridized carbons (Fsp3) is 0.0417. The van der Waals surface area contributed by atoms with Gasteiger partial charge in [-0.15, -0.1) is 0 Å². The van der Waals surface area contributed by atoms with Gasteiger partial charge >= 0.3 is 5.63 Å². The molecule has 0 radical (unpaired) electrons. The van der Waals surface area contributed by atoms with E-state index in [0.29, 0.717) is 22.6 Å². The van der Waals surface area contributed by atoms with Crippen LogP contribution >= 0.6 is 0 Å². The number of para-hydroxylation sites is 1. The summed E-state index contributed by atoms with van der Waals surface area (Å²) in [7, 11) is 0. The van der Waals surface area contributed by atoms with Crippen molar-refractivity contribution in [2.45, 2.75) is 0 Å². The zero-order valence-corrected chi connectivity index (χ0v) is 15.8. The standard InChI is InChI=1S/C24H16N2O4/c25-14-17-8-4-5-9-21(17)26-23(27)15-29-18-10-11-19-20(16-6-2-1-3-7-16)13-24(28)30-22(19)12-18/h1-13H,15H2,(H,26,27). The van der Waals surface area contributed by atoms with Gasteiger partial charge in [0, 0.05) is 17.5 Å². The molecule has 146 valence electrons. The first-order valence-corrected chi connectivity index (χ1v) is 9.19. The Labute approximate surface area is 172 Å². The van der Waals surface area contributed by atoms with E-state index in [1.165, 1.54) is 6.07 Å². The Morgan fingerprint density at radius 1 is 1.00 bits per heavy atom. The molecular weight excluding hydrogens is 380 g/mol. The number of rotatable bonds is 5. The van der Waals surface area contributed by atoms with Gasteiger partial charge < -0.3 is 14.5 Å². The lowest BCUT2D eigenvalue weighted by atomic mass is 10.0. The minimum atomic E-state index is -0.468. The highest BCUT2D eigenvalue weighted by Gasteiger charge is 2.11. The zero-order chi connectivity index (χ0) is 20.9. The number of anilines is 1. The van der Waals surface area contributed by atoms with E-state index >= 15 is 0 Å². The molecule has 0 saturated carbocycles. The van der Waals surface area contributed by atoms with Crippen LogP contribution in [0.15, 0.2) is 88.1 Å². The molecule has 4 rings (SSSR count). The van der Waals surface area contributed by atoms with Crippen LogP contribution in [0, 0.1) is 11.3 Å². The number of carbonyl (C=O) groups excluding carboxylic acids is 1. The third-order valence-electron chi connectivity index (χ3n) is 4.49. The highest BCUT2D eigenvalue weighted by Crippen LogP contribution is 2.29. The van der Waals surface area contributed by atoms with Gasteiger partial charge in [-0.25, -0.2) is 4.79 Å². The fourth-order valence-electron chi connectivity index (χ4n) is 3.11. The van der Waals surface area contributed by atoms with Crippen LogP contribution in [0.25, 0.3) is 22.1 Å². The van der Waals surface area contributed by atoms with Crippen LogP contribution in [0.1, 0.15) is 5.56 Å². The third kappa shape index (κ3) is 4.05. The Hall–Kier alpha value is -4.37. The summed E-state index contributed by atoms with van der Waals surface area (Å²) in [5.41, 5.74) is 2.36. The summed E-state index contributed by atoms with van der Waals surface area (Å²) in [6.07, 6.45) is 0. The van der Waals surface area contributed by atoms with Crippen LogP contribution in [0.4, 0.5) is 5.69 Å². The molecule has 0 bridgehead atoms. The number of nitrogens with zero attached hydrogens (tertiary/aromatic N) is 1. The van der Waals surface area contributed by atoms with Crippen LogP contribution in [0.3, 0.4) is 0 Å². The summed E-state index contributed by atoms with van der Waals surface area (Å²) in [5, 5.41) is 12.5. The van der Waals surface area contributed by atoms with Crippen molar-refractivity contribution >= 4 is 22.6 Å². The van der Waals surface area contributed by atoms with E-state index in [9.17, 15) is 9.59 Å². The number of hydrogen-bond donors (Lipinski definition) is 1. The summed E-state index contributed by atoms with van der Waals surface area (Å²) in [6.45, 7) is -0.256. The molecule has 4 aromatic rings. The number of nitriles is 1. The first kappa shape index (κ1) is 19.0. The van der Waals surface area contributed by atoms with Gasteiger partial charge in [0.25, 0.3) is 5.91 Å². The van der Waals surface area contributed by atoms with Gasteiger partial charge in [0.2, 0.25) is 0 Å². The van der Waals surface area contributed by atoms with E-state index in [1.54, 1.807) is 42.5 Å². The van der Waals surface area contributed by atoms with Crippen molar-refractivity contribution in [3.8, 4) is 22.9 Å². The van der Waals surface area contributed by atoms with Crippen molar-refractivity contribution in [1.82, 2.24) is 0 Å². The number of nitrogens with one attached hydrogen (secondary N) is 1. The van der Waals surface area contributed by atoms with Crippen LogP contribution in [0.2, 0.25) is 0 Å². The molecule has 0 unspecified atom stereocenters. The van der Waals surface area contributed by atoms with Gasteiger partial charge in [-0.2, -0.15) is 5.26 Å². The first-order chi connectivity index (χ1) is 14.6. The van der Waals surface area contributed by atoms with Crippen LogP contribution in [-0.4, -0.2) is 12.5 Å². The highest BCUT2D eigenvalue weighted by atomic mass is 16.5. The van der Waals surface area contributed by atoms with Crippen molar-refractivity contribution in [2.24, 2.45) is 0 Å². The lowest BCUT2D eigenvalue weighted by molar-refractivity contribution is -0.118. The molecule has 6 heteroatoms. The van der Waals surface area contributed by atoms with Crippen LogP contribution in [-0.2, 0) is 4.79 Å². The van der Waals surface area contributed by atoms with Gasteiger partial charge in [-0.05, 0) is 35.4 Å². The second-order valence-corrected chi connectivity index (χ2v) is 6.50. The minimum absolute atomic E-state index is 0.256. The van der Waals surface area contributed by atoms with Crippen molar-refractivity contribution < 1.29 is 13.9 Å². The van der Waals surface area contributed by atoms with Crippen molar-refractivity contribution in [1.29, 1.82) is 5.26 Å². The molecule has 0 aliphatic carbocycles.